The zero-order chi connectivity index (χ0) is 21.3. The highest BCUT2D eigenvalue weighted by atomic mass is 35.5. The van der Waals surface area contributed by atoms with Crippen molar-refractivity contribution < 1.29 is 29.3 Å². The first-order valence-electron chi connectivity index (χ1n) is 8.15. The summed E-state index contributed by atoms with van der Waals surface area (Å²) >= 11 is 12.2. The van der Waals surface area contributed by atoms with Crippen LogP contribution in [0.3, 0.4) is 0 Å². The van der Waals surface area contributed by atoms with Crippen molar-refractivity contribution in [2.75, 3.05) is 0 Å². The van der Waals surface area contributed by atoms with Gasteiger partial charge in [0.2, 0.25) is 22.4 Å². The quantitative estimate of drug-likeness (QED) is 0.473. The van der Waals surface area contributed by atoms with E-state index >= 15 is 0 Å². The van der Waals surface area contributed by atoms with Crippen molar-refractivity contribution in [3.63, 3.8) is 0 Å². The molecule has 0 atom stereocenters. The number of halogens is 2. The summed E-state index contributed by atoms with van der Waals surface area (Å²) in [6.45, 7) is -1.31. The lowest BCUT2D eigenvalue weighted by Gasteiger charge is -2.20. The molecule has 0 aliphatic heterocycles. The van der Waals surface area contributed by atoms with Gasteiger partial charge in [0.1, 0.15) is 30.7 Å². The van der Waals surface area contributed by atoms with Gasteiger partial charge in [-0.3, -0.25) is 9.59 Å². The maximum absolute atomic E-state index is 12.1. The van der Waals surface area contributed by atoms with Gasteiger partial charge in [0.25, 0.3) is 0 Å². The van der Waals surface area contributed by atoms with Gasteiger partial charge in [-0.1, -0.05) is 29.3 Å². The highest BCUT2D eigenvalue weighted by molar-refractivity contribution is 6.35. The van der Waals surface area contributed by atoms with Crippen LogP contribution < -0.4 is 10.9 Å². The summed E-state index contributed by atoms with van der Waals surface area (Å²) in [6.07, 6.45) is 0. The first kappa shape index (κ1) is 20.9. The molecule has 0 fully saturated rings. The Morgan fingerprint density at radius 2 is 1.31 bits per heavy atom. The highest BCUT2D eigenvalue weighted by Gasteiger charge is 2.32. The third-order valence-electron chi connectivity index (χ3n) is 4.11. The van der Waals surface area contributed by atoms with E-state index in [-0.39, 0.29) is 27.1 Å². The second-order valence-corrected chi connectivity index (χ2v) is 6.84. The van der Waals surface area contributed by atoms with Gasteiger partial charge in [0, 0.05) is 22.2 Å². The largest absolute Gasteiger partial charge is 0.502 e. The van der Waals surface area contributed by atoms with Crippen LogP contribution in [0, 0.1) is 0 Å². The molecule has 2 aromatic heterocycles. The van der Waals surface area contributed by atoms with Crippen molar-refractivity contribution in [1.29, 1.82) is 0 Å². The highest BCUT2D eigenvalue weighted by Crippen LogP contribution is 2.42. The summed E-state index contributed by atoms with van der Waals surface area (Å²) in [5.41, 5.74) is -1.57. The zero-order valence-electron chi connectivity index (χ0n) is 14.6. The van der Waals surface area contributed by atoms with Crippen LogP contribution in [0.2, 0.25) is 10.0 Å². The SMILES string of the molecule is O=c1cc(CO)oc(C(c2ccc(Cl)cc2Cl)c2oc(CO)cc(=O)c2O)c1O. The molecule has 3 aromatic rings. The third kappa shape index (κ3) is 4.01. The minimum absolute atomic E-state index is 0.0513. The molecule has 3 rings (SSSR count). The molecule has 0 spiro atoms. The van der Waals surface area contributed by atoms with Gasteiger partial charge in [-0.05, 0) is 17.7 Å². The van der Waals surface area contributed by atoms with Crippen molar-refractivity contribution in [1.82, 2.24) is 0 Å². The van der Waals surface area contributed by atoms with E-state index in [1.54, 1.807) is 0 Å². The van der Waals surface area contributed by atoms with Crippen molar-refractivity contribution >= 4 is 23.2 Å². The fourth-order valence-corrected chi connectivity index (χ4v) is 3.31. The van der Waals surface area contributed by atoms with Crippen LogP contribution in [0.5, 0.6) is 11.5 Å². The molecule has 0 unspecified atom stereocenters. The summed E-state index contributed by atoms with van der Waals surface area (Å²) < 4.78 is 10.9. The summed E-state index contributed by atoms with van der Waals surface area (Å²) in [5.74, 6) is -4.28. The smallest absolute Gasteiger partial charge is 0.227 e. The minimum atomic E-state index is -1.38. The van der Waals surface area contributed by atoms with Crippen LogP contribution in [0.15, 0.2) is 48.8 Å². The lowest BCUT2D eigenvalue weighted by Crippen LogP contribution is -2.14. The molecule has 4 N–H and O–H groups in total. The Labute approximate surface area is 172 Å². The standard InChI is InChI=1S/C19H14Cl2O8/c20-8-1-2-11(12(21)3-8)15(18-16(26)13(24)4-9(6-22)28-18)19-17(27)14(25)5-10(7-23)29-19/h1-5,15,22-23,26-27H,6-7H2. The molecule has 0 saturated heterocycles. The number of aromatic hydroxyl groups is 2. The summed E-state index contributed by atoms with van der Waals surface area (Å²) in [5, 5.41) is 39.7. The Balaban J connectivity index is 2.42. The zero-order valence-corrected chi connectivity index (χ0v) is 16.1. The topological polar surface area (TPSA) is 141 Å². The van der Waals surface area contributed by atoms with Crippen LogP contribution in [-0.4, -0.2) is 20.4 Å². The van der Waals surface area contributed by atoms with Gasteiger partial charge in [0.05, 0.1) is 0 Å². The molecule has 0 amide bonds. The molecule has 152 valence electrons. The van der Waals surface area contributed by atoms with Crippen molar-refractivity contribution in [3.05, 3.63) is 89.4 Å². The normalized spacial score (nSPS) is 11.2. The summed E-state index contributed by atoms with van der Waals surface area (Å²) in [7, 11) is 0. The fourth-order valence-electron chi connectivity index (χ4n) is 2.79. The summed E-state index contributed by atoms with van der Waals surface area (Å²) in [6, 6.07) is 6.01. The number of hydrogen-bond donors (Lipinski definition) is 4. The molecule has 0 saturated carbocycles. The van der Waals surface area contributed by atoms with Crippen LogP contribution in [0.1, 0.15) is 34.5 Å². The van der Waals surface area contributed by atoms with E-state index in [0.29, 0.717) is 0 Å². The number of hydrogen-bond acceptors (Lipinski definition) is 8. The van der Waals surface area contributed by atoms with Crippen LogP contribution in [0.25, 0.3) is 0 Å². The van der Waals surface area contributed by atoms with E-state index in [1.807, 2.05) is 0 Å². The molecule has 1 aromatic carbocycles. The second-order valence-electron chi connectivity index (χ2n) is 5.99. The van der Waals surface area contributed by atoms with Gasteiger partial charge in [-0.25, -0.2) is 0 Å². The van der Waals surface area contributed by atoms with E-state index < -0.39 is 53.0 Å². The predicted octanol–water partition coefficient (Wildman–Crippen LogP) is 2.48. The Morgan fingerprint density at radius 1 is 0.828 bits per heavy atom. The van der Waals surface area contributed by atoms with Gasteiger partial charge >= 0.3 is 0 Å². The predicted molar refractivity (Wildman–Crippen MR) is 103 cm³/mol. The Morgan fingerprint density at radius 3 is 1.72 bits per heavy atom. The van der Waals surface area contributed by atoms with Crippen LogP contribution >= 0.6 is 23.2 Å². The van der Waals surface area contributed by atoms with Crippen molar-refractivity contribution in [2.45, 2.75) is 19.1 Å². The fraction of sp³-hybridized carbons (Fsp3) is 0.158. The Kier molecular flexibility index (Phi) is 5.99. The van der Waals surface area contributed by atoms with E-state index in [9.17, 15) is 30.0 Å². The third-order valence-corrected chi connectivity index (χ3v) is 4.67. The Bertz CT molecular complexity index is 1110. The van der Waals surface area contributed by atoms with Gasteiger partial charge in [-0.2, -0.15) is 0 Å². The maximum atomic E-state index is 12.1. The number of aliphatic hydroxyl groups is 2. The van der Waals surface area contributed by atoms with E-state index in [1.165, 1.54) is 18.2 Å². The number of aliphatic hydroxyl groups excluding tert-OH is 2. The van der Waals surface area contributed by atoms with Gasteiger partial charge in [-0.15, -0.1) is 0 Å². The lowest BCUT2D eigenvalue weighted by molar-refractivity contribution is 0.225. The molecule has 10 heteroatoms. The average molecular weight is 441 g/mol. The van der Waals surface area contributed by atoms with Gasteiger partial charge in [0.15, 0.2) is 11.5 Å². The first-order valence-corrected chi connectivity index (χ1v) is 8.90. The second kappa shape index (κ2) is 8.30. The van der Waals surface area contributed by atoms with E-state index in [2.05, 4.69) is 0 Å². The first-order chi connectivity index (χ1) is 13.8. The maximum Gasteiger partial charge on any atom is 0.227 e. The molecule has 0 radical (unpaired) electrons. The molecule has 2 heterocycles. The molecular formula is C19H14Cl2O8. The molecular weight excluding hydrogens is 427 g/mol. The van der Waals surface area contributed by atoms with E-state index in [4.69, 9.17) is 32.0 Å². The molecule has 0 aliphatic carbocycles. The van der Waals surface area contributed by atoms with Crippen LogP contribution in [-0.2, 0) is 13.2 Å². The molecule has 29 heavy (non-hydrogen) atoms. The van der Waals surface area contributed by atoms with Crippen molar-refractivity contribution in [3.8, 4) is 11.5 Å². The molecule has 0 bridgehead atoms. The molecule has 0 aliphatic rings. The van der Waals surface area contributed by atoms with Crippen molar-refractivity contribution in [2.24, 2.45) is 0 Å². The average Bonchev–Trinajstić information content (AvgIpc) is 2.69. The number of benzene rings is 1. The summed E-state index contributed by atoms with van der Waals surface area (Å²) in [4.78, 5) is 24.3. The van der Waals surface area contributed by atoms with E-state index in [0.717, 1.165) is 12.1 Å². The monoisotopic (exact) mass is 440 g/mol. The Hall–Kier alpha value is -2.78. The number of rotatable bonds is 5. The van der Waals surface area contributed by atoms with Gasteiger partial charge < -0.3 is 29.3 Å². The molecule has 8 nitrogen and oxygen atoms in total. The van der Waals surface area contributed by atoms with Crippen LogP contribution in [0.4, 0.5) is 0 Å². The lowest BCUT2D eigenvalue weighted by atomic mass is 9.91. The minimum Gasteiger partial charge on any atom is -0.502 e.